The van der Waals surface area contributed by atoms with Gasteiger partial charge in [-0.3, -0.25) is 4.68 Å². The summed E-state index contributed by atoms with van der Waals surface area (Å²) in [5, 5.41) is 4.06. The molecule has 0 saturated heterocycles. The van der Waals surface area contributed by atoms with E-state index < -0.39 is 0 Å². The van der Waals surface area contributed by atoms with Gasteiger partial charge in [-0.05, 0) is 28.1 Å². The molecular weight excluding hydrogens is 301 g/mol. The molecule has 18 heavy (non-hydrogen) atoms. The van der Waals surface area contributed by atoms with Gasteiger partial charge >= 0.3 is 0 Å². The number of ether oxygens (including phenoxy) is 1. The van der Waals surface area contributed by atoms with E-state index in [1.807, 2.05) is 13.1 Å². The van der Waals surface area contributed by atoms with E-state index in [2.05, 4.69) is 21.0 Å². The zero-order chi connectivity index (χ0) is 13.1. The monoisotopic (exact) mass is 313 g/mol. The van der Waals surface area contributed by atoms with Crippen LogP contribution in [0.4, 0.5) is 10.1 Å². The van der Waals surface area contributed by atoms with Crippen LogP contribution in [0.5, 0.6) is 5.75 Å². The number of aryl methyl sites for hydroxylation is 1. The number of hydrogen-bond donors (Lipinski definition) is 1. The zero-order valence-electron chi connectivity index (χ0n) is 9.86. The van der Waals surface area contributed by atoms with Gasteiger partial charge in [0.1, 0.15) is 11.6 Å². The number of nitrogens with two attached hydrogens (primary N) is 1. The van der Waals surface area contributed by atoms with Crippen molar-refractivity contribution in [2.75, 3.05) is 12.3 Å². The molecule has 4 nitrogen and oxygen atoms in total. The second kappa shape index (κ2) is 5.39. The van der Waals surface area contributed by atoms with Crippen molar-refractivity contribution in [2.24, 2.45) is 7.05 Å². The molecule has 0 aliphatic rings. The maximum absolute atomic E-state index is 13.3. The lowest BCUT2D eigenvalue weighted by Crippen LogP contribution is -2.07. The molecule has 1 aromatic heterocycles. The Hall–Kier alpha value is -1.56. The third kappa shape index (κ3) is 2.81. The SMILES string of the molecule is Cn1nccc1CCOc1cc(F)c(Br)cc1N. The number of hydrogen-bond acceptors (Lipinski definition) is 3. The van der Waals surface area contributed by atoms with Crippen LogP contribution in [-0.2, 0) is 13.5 Å². The fourth-order valence-electron chi connectivity index (χ4n) is 1.58. The van der Waals surface area contributed by atoms with E-state index in [9.17, 15) is 4.39 Å². The average Bonchev–Trinajstić information content (AvgIpc) is 2.72. The van der Waals surface area contributed by atoms with Gasteiger partial charge in [0.05, 0.1) is 16.8 Å². The molecule has 0 spiro atoms. The topological polar surface area (TPSA) is 53.1 Å². The molecule has 0 bridgehead atoms. The second-order valence-corrected chi connectivity index (χ2v) is 4.70. The number of aromatic nitrogens is 2. The first-order chi connectivity index (χ1) is 8.58. The summed E-state index contributed by atoms with van der Waals surface area (Å²) in [7, 11) is 1.86. The molecule has 2 rings (SSSR count). The summed E-state index contributed by atoms with van der Waals surface area (Å²) < 4.78 is 20.9. The molecule has 1 aromatic carbocycles. The van der Waals surface area contributed by atoms with E-state index in [-0.39, 0.29) is 5.82 Å². The summed E-state index contributed by atoms with van der Waals surface area (Å²) in [4.78, 5) is 0. The molecule has 0 atom stereocenters. The minimum Gasteiger partial charge on any atom is -0.491 e. The number of halogens is 2. The fourth-order valence-corrected chi connectivity index (χ4v) is 1.94. The van der Waals surface area contributed by atoms with Crippen molar-refractivity contribution in [1.82, 2.24) is 9.78 Å². The van der Waals surface area contributed by atoms with Crippen molar-refractivity contribution >= 4 is 21.6 Å². The van der Waals surface area contributed by atoms with Crippen molar-refractivity contribution in [2.45, 2.75) is 6.42 Å². The van der Waals surface area contributed by atoms with Crippen molar-refractivity contribution in [3.05, 3.63) is 40.4 Å². The molecule has 0 aliphatic heterocycles. The summed E-state index contributed by atoms with van der Waals surface area (Å²) in [6, 6.07) is 4.69. The van der Waals surface area contributed by atoms with Gasteiger partial charge in [-0.25, -0.2) is 4.39 Å². The highest BCUT2D eigenvalue weighted by molar-refractivity contribution is 9.10. The zero-order valence-corrected chi connectivity index (χ0v) is 11.4. The molecule has 2 N–H and O–H groups in total. The fraction of sp³-hybridized carbons (Fsp3) is 0.250. The number of benzene rings is 1. The van der Waals surface area contributed by atoms with Gasteiger partial charge in [0, 0.05) is 31.4 Å². The number of anilines is 1. The van der Waals surface area contributed by atoms with Crippen LogP contribution < -0.4 is 10.5 Å². The molecule has 1 heterocycles. The lowest BCUT2D eigenvalue weighted by molar-refractivity contribution is 0.318. The lowest BCUT2D eigenvalue weighted by Gasteiger charge is -2.09. The maximum Gasteiger partial charge on any atom is 0.145 e. The molecule has 0 radical (unpaired) electrons. The highest BCUT2D eigenvalue weighted by Crippen LogP contribution is 2.28. The van der Waals surface area contributed by atoms with Gasteiger partial charge in [-0.15, -0.1) is 0 Å². The molecule has 96 valence electrons. The van der Waals surface area contributed by atoms with Gasteiger partial charge in [-0.2, -0.15) is 5.10 Å². The molecule has 6 heteroatoms. The van der Waals surface area contributed by atoms with Gasteiger partial charge < -0.3 is 10.5 Å². The standard InChI is InChI=1S/C12H13BrFN3O/c1-17-8(2-4-16-17)3-5-18-12-7-10(14)9(13)6-11(12)15/h2,4,6-7H,3,5,15H2,1H3. The van der Waals surface area contributed by atoms with Crippen LogP contribution in [0.3, 0.4) is 0 Å². The minimum absolute atomic E-state index is 0.332. The summed E-state index contributed by atoms with van der Waals surface area (Å²) in [5.41, 5.74) is 7.20. The first-order valence-corrected chi connectivity index (χ1v) is 6.21. The van der Waals surface area contributed by atoms with E-state index in [4.69, 9.17) is 10.5 Å². The van der Waals surface area contributed by atoms with E-state index in [0.717, 1.165) is 5.69 Å². The molecule has 0 amide bonds. The van der Waals surface area contributed by atoms with Crippen molar-refractivity contribution in [3.63, 3.8) is 0 Å². The molecule has 0 aliphatic carbocycles. The Labute approximate surface area is 113 Å². The smallest absolute Gasteiger partial charge is 0.145 e. The average molecular weight is 314 g/mol. The quantitative estimate of drug-likeness (QED) is 0.882. The number of nitrogen functional groups attached to an aromatic ring is 1. The van der Waals surface area contributed by atoms with Crippen LogP contribution in [0.2, 0.25) is 0 Å². The lowest BCUT2D eigenvalue weighted by atomic mass is 10.3. The van der Waals surface area contributed by atoms with Gasteiger partial charge in [0.2, 0.25) is 0 Å². The van der Waals surface area contributed by atoms with Crippen LogP contribution >= 0.6 is 15.9 Å². The van der Waals surface area contributed by atoms with Gasteiger partial charge in [0.25, 0.3) is 0 Å². The van der Waals surface area contributed by atoms with Crippen molar-refractivity contribution in [3.8, 4) is 5.75 Å². The van der Waals surface area contributed by atoms with Crippen LogP contribution in [0.25, 0.3) is 0 Å². The molecule has 0 unspecified atom stereocenters. The first kappa shape index (κ1) is 12.9. The Morgan fingerprint density at radius 1 is 1.50 bits per heavy atom. The molecule has 2 aromatic rings. The van der Waals surface area contributed by atoms with Crippen LogP contribution in [0.1, 0.15) is 5.69 Å². The van der Waals surface area contributed by atoms with Crippen molar-refractivity contribution < 1.29 is 9.13 Å². The highest BCUT2D eigenvalue weighted by atomic mass is 79.9. The third-order valence-electron chi connectivity index (χ3n) is 2.59. The Kier molecular flexibility index (Phi) is 3.86. The van der Waals surface area contributed by atoms with Gasteiger partial charge in [-0.1, -0.05) is 0 Å². The van der Waals surface area contributed by atoms with Crippen molar-refractivity contribution in [1.29, 1.82) is 0 Å². The van der Waals surface area contributed by atoms with Gasteiger partial charge in [0.15, 0.2) is 0 Å². The van der Waals surface area contributed by atoms with E-state index in [0.29, 0.717) is 28.9 Å². The van der Waals surface area contributed by atoms with E-state index in [1.165, 1.54) is 12.1 Å². The Morgan fingerprint density at radius 3 is 2.94 bits per heavy atom. The summed E-state index contributed by atoms with van der Waals surface area (Å²) in [6.45, 7) is 0.421. The van der Waals surface area contributed by atoms with Crippen LogP contribution in [-0.4, -0.2) is 16.4 Å². The Balaban J connectivity index is 1.99. The first-order valence-electron chi connectivity index (χ1n) is 5.42. The van der Waals surface area contributed by atoms with Crippen LogP contribution in [0, 0.1) is 5.82 Å². The summed E-state index contributed by atoms with van der Waals surface area (Å²) in [6.07, 6.45) is 2.41. The normalized spacial score (nSPS) is 10.6. The molecular formula is C12H13BrFN3O. The number of rotatable bonds is 4. The molecule has 0 fully saturated rings. The third-order valence-corrected chi connectivity index (χ3v) is 3.20. The minimum atomic E-state index is -0.389. The highest BCUT2D eigenvalue weighted by Gasteiger charge is 2.07. The Morgan fingerprint density at radius 2 is 2.28 bits per heavy atom. The predicted molar refractivity (Wildman–Crippen MR) is 70.9 cm³/mol. The molecule has 0 saturated carbocycles. The van der Waals surface area contributed by atoms with Crippen LogP contribution in [0.15, 0.2) is 28.9 Å². The summed E-state index contributed by atoms with van der Waals surface area (Å²) in [5.74, 6) is -0.0300. The largest absolute Gasteiger partial charge is 0.491 e. The second-order valence-electron chi connectivity index (χ2n) is 3.85. The van der Waals surface area contributed by atoms with E-state index >= 15 is 0 Å². The number of nitrogens with zero attached hydrogens (tertiary/aromatic N) is 2. The van der Waals surface area contributed by atoms with E-state index in [1.54, 1.807) is 10.9 Å². The Bertz CT molecular complexity index is 556. The summed E-state index contributed by atoms with van der Waals surface area (Å²) >= 11 is 3.07. The predicted octanol–water partition coefficient (Wildman–Crippen LogP) is 2.53. The maximum atomic E-state index is 13.3.